The van der Waals surface area contributed by atoms with Gasteiger partial charge in [-0.3, -0.25) is 9.59 Å². The second-order valence-electron chi connectivity index (χ2n) is 3.60. The van der Waals surface area contributed by atoms with Crippen LogP contribution in [0.4, 0.5) is 4.39 Å². The van der Waals surface area contributed by atoms with E-state index in [-0.39, 0.29) is 24.5 Å². The number of rotatable bonds is 2. The highest BCUT2D eigenvalue weighted by Gasteiger charge is 2.37. The molecule has 0 aliphatic carbocycles. The molecule has 0 radical (unpaired) electrons. The summed E-state index contributed by atoms with van der Waals surface area (Å²) in [5.41, 5.74) is 0.236. The van der Waals surface area contributed by atoms with Gasteiger partial charge in [0.25, 0.3) is 0 Å². The van der Waals surface area contributed by atoms with Gasteiger partial charge in [-0.2, -0.15) is 0 Å². The van der Waals surface area contributed by atoms with E-state index in [1.165, 1.54) is 18.2 Å². The van der Waals surface area contributed by atoms with E-state index in [4.69, 9.17) is 9.47 Å². The van der Waals surface area contributed by atoms with Crippen LogP contribution in [0, 0.1) is 5.82 Å². The lowest BCUT2D eigenvalue weighted by Crippen LogP contribution is -2.32. The van der Waals surface area contributed by atoms with E-state index < -0.39 is 23.5 Å². The molecule has 0 saturated heterocycles. The number of para-hydroxylation sites is 1. The van der Waals surface area contributed by atoms with Crippen molar-refractivity contribution in [1.29, 1.82) is 0 Å². The van der Waals surface area contributed by atoms with Gasteiger partial charge in [-0.05, 0) is 13.0 Å². The maximum Gasteiger partial charge on any atom is 0.321 e. The number of Topliss-reactive ketones (excluding diaryl/α,β-unsaturated/α-hetero) is 1. The molecule has 1 unspecified atom stereocenters. The highest BCUT2D eigenvalue weighted by Crippen LogP contribution is 2.34. The van der Waals surface area contributed by atoms with Crippen LogP contribution in [0.25, 0.3) is 0 Å². The van der Waals surface area contributed by atoms with Gasteiger partial charge in [0.1, 0.15) is 12.5 Å². The van der Waals surface area contributed by atoms with Gasteiger partial charge in [0.05, 0.1) is 6.61 Å². The number of carbonyl (C=O) groups is 2. The van der Waals surface area contributed by atoms with Gasteiger partial charge in [-0.25, -0.2) is 4.39 Å². The molecule has 0 bridgehead atoms. The van der Waals surface area contributed by atoms with E-state index >= 15 is 0 Å². The first-order valence-corrected chi connectivity index (χ1v) is 5.25. The van der Waals surface area contributed by atoms with Crippen molar-refractivity contribution in [2.45, 2.75) is 12.8 Å². The molecule has 1 aliphatic rings. The molecule has 0 saturated carbocycles. The van der Waals surface area contributed by atoms with E-state index in [2.05, 4.69) is 0 Å². The van der Waals surface area contributed by atoms with Crippen LogP contribution in [0.2, 0.25) is 0 Å². The van der Waals surface area contributed by atoms with E-state index in [9.17, 15) is 14.0 Å². The van der Waals surface area contributed by atoms with Crippen LogP contribution < -0.4 is 4.74 Å². The van der Waals surface area contributed by atoms with E-state index in [0.717, 1.165) is 0 Å². The molecule has 1 heterocycles. The summed E-state index contributed by atoms with van der Waals surface area (Å²) in [4.78, 5) is 23.3. The maximum absolute atomic E-state index is 13.4. The van der Waals surface area contributed by atoms with Gasteiger partial charge in [0.15, 0.2) is 17.3 Å². The fraction of sp³-hybridized carbons (Fsp3) is 0.333. The third-order valence-electron chi connectivity index (χ3n) is 2.51. The number of halogens is 1. The first-order valence-electron chi connectivity index (χ1n) is 5.25. The van der Waals surface area contributed by atoms with Crippen molar-refractivity contribution in [3.63, 3.8) is 0 Å². The average molecular weight is 238 g/mol. The molecule has 1 atom stereocenters. The lowest BCUT2D eigenvalue weighted by Gasteiger charge is -2.23. The first-order chi connectivity index (χ1) is 8.15. The zero-order valence-electron chi connectivity index (χ0n) is 9.23. The van der Waals surface area contributed by atoms with E-state index in [1.807, 2.05) is 0 Å². The average Bonchev–Trinajstić information content (AvgIpc) is 2.29. The number of esters is 1. The zero-order chi connectivity index (χ0) is 12.4. The van der Waals surface area contributed by atoms with Crippen molar-refractivity contribution < 1.29 is 23.5 Å². The third kappa shape index (κ3) is 2.00. The van der Waals surface area contributed by atoms with Crippen molar-refractivity contribution in [3.8, 4) is 5.75 Å². The molecule has 0 spiro atoms. The monoisotopic (exact) mass is 238 g/mol. The lowest BCUT2D eigenvalue weighted by atomic mass is 9.92. The van der Waals surface area contributed by atoms with E-state index in [0.29, 0.717) is 0 Å². The Balaban J connectivity index is 2.43. The smallest absolute Gasteiger partial charge is 0.321 e. The number of hydrogen-bond acceptors (Lipinski definition) is 4. The number of hydrogen-bond donors (Lipinski definition) is 0. The van der Waals surface area contributed by atoms with Crippen LogP contribution in [0.3, 0.4) is 0 Å². The number of carbonyl (C=O) groups excluding carboxylic acids is 2. The molecule has 2 rings (SSSR count). The summed E-state index contributed by atoms with van der Waals surface area (Å²) in [5.74, 6) is -2.77. The van der Waals surface area contributed by atoms with Crippen LogP contribution in [0.1, 0.15) is 18.4 Å². The third-order valence-corrected chi connectivity index (χ3v) is 2.51. The summed E-state index contributed by atoms with van der Waals surface area (Å²) in [7, 11) is 0. The summed E-state index contributed by atoms with van der Waals surface area (Å²) < 4.78 is 23.2. The second-order valence-corrected chi connectivity index (χ2v) is 3.60. The van der Waals surface area contributed by atoms with Crippen molar-refractivity contribution in [2.24, 2.45) is 0 Å². The Kier molecular flexibility index (Phi) is 3.08. The molecule has 1 aliphatic heterocycles. The molecule has 0 fully saturated rings. The highest BCUT2D eigenvalue weighted by molar-refractivity contribution is 6.06. The first kappa shape index (κ1) is 11.6. The molecular formula is C12H11FO4. The van der Waals surface area contributed by atoms with Crippen LogP contribution in [0.5, 0.6) is 5.75 Å². The van der Waals surface area contributed by atoms with Gasteiger partial charge < -0.3 is 9.47 Å². The van der Waals surface area contributed by atoms with Crippen molar-refractivity contribution in [2.75, 3.05) is 13.2 Å². The van der Waals surface area contributed by atoms with Gasteiger partial charge in [0.2, 0.25) is 0 Å². The zero-order valence-corrected chi connectivity index (χ0v) is 9.23. The Morgan fingerprint density at radius 1 is 1.59 bits per heavy atom. The van der Waals surface area contributed by atoms with Gasteiger partial charge >= 0.3 is 5.97 Å². The Morgan fingerprint density at radius 2 is 2.35 bits per heavy atom. The SMILES string of the molecule is CCOC(=O)C1C(=O)COc2c(F)cccc21. The van der Waals surface area contributed by atoms with Gasteiger partial charge in [0, 0.05) is 5.56 Å². The van der Waals surface area contributed by atoms with Crippen LogP contribution in [-0.4, -0.2) is 25.0 Å². The minimum absolute atomic E-state index is 0.0369. The Bertz CT molecular complexity index is 470. The minimum Gasteiger partial charge on any atom is -0.482 e. The highest BCUT2D eigenvalue weighted by atomic mass is 19.1. The molecule has 5 heteroatoms. The van der Waals surface area contributed by atoms with Crippen molar-refractivity contribution in [3.05, 3.63) is 29.6 Å². The quantitative estimate of drug-likeness (QED) is 0.577. The van der Waals surface area contributed by atoms with E-state index in [1.54, 1.807) is 6.92 Å². The summed E-state index contributed by atoms with van der Waals surface area (Å²) in [5, 5.41) is 0. The summed E-state index contributed by atoms with van der Waals surface area (Å²) in [6.07, 6.45) is 0. The topological polar surface area (TPSA) is 52.6 Å². The number of ether oxygens (including phenoxy) is 2. The standard InChI is InChI=1S/C12H11FO4/c1-2-16-12(15)10-7-4-3-5-8(13)11(7)17-6-9(10)14/h3-5,10H,2,6H2,1H3. The predicted molar refractivity (Wildman–Crippen MR) is 56.3 cm³/mol. The van der Waals surface area contributed by atoms with Crippen molar-refractivity contribution in [1.82, 2.24) is 0 Å². The van der Waals surface area contributed by atoms with Gasteiger partial charge in [-0.1, -0.05) is 12.1 Å². The fourth-order valence-electron chi connectivity index (χ4n) is 1.79. The van der Waals surface area contributed by atoms with Gasteiger partial charge in [-0.15, -0.1) is 0 Å². The summed E-state index contributed by atoms with van der Waals surface area (Å²) >= 11 is 0. The van der Waals surface area contributed by atoms with Crippen LogP contribution >= 0.6 is 0 Å². The minimum atomic E-state index is -1.07. The molecule has 4 nitrogen and oxygen atoms in total. The summed E-state index contributed by atoms with van der Waals surface area (Å²) in [6, 6.07) is 4.15. The molecule has 0 amide bonds. The molecule has 17 heavy (non-hydrogen) atoms. The molecule has 0 N–H and O–H groups in total. The maximum atomic E-state index is 13.4. The number of benzene rings is 1. The largest absolute Gasteiger partial charge is 0.482 e. The normalized spacial score (nSPS) is 18.2. The Hall–Kier alpha value is -1.91. The van der Waals surface area contributed by atoms with Crippen molar-refractivity contribution >= 4 is 11.8 Å². The summed E-state index contributed by atoms with van der Waals surface area (Å²) in [6.45, 7) is 1.51. The fourth-order valence-corrected chi connectivity index (χ4v) is 1.79. The molecule has 90 valence electrons. The predicted octanol–water partition coefficient (Wildman–Crippen LogP) is 1.43. The Morgan fingerprint density at radius 3 is 3.06 bits per heavy atom. The number of fused-ring (bicyclic) bond motifs is 1. The molecule has 1 aromatic carbocycles. The lowest BCUT2D eigenvalue weighted by molar-refractivity contribution is -0.149. The molecule has 0 aromatic heterocycles. The number of ketones is 1. The van der Waals surface area contributed by atoms with Crippen LogP contribution in [-0.2, 0) is 14.3 Å². The van der Waals surface area contributed by atoms with Crippen LogP contribution in [0.15, 0.2) is 18.2 Å². The second kappa shape index (κ2) is 4.53. The molecular weight excluding hydrogens is 227 g/mol. The molecule has 1 aromatic rings. The Labute approximate surface area is 97.3 Å².